The van der Waals surface area contributed by atoms with Gasteiger partial charge in [0.1, 0.15) is 0 Å². The highest BCUT2D eigenvalue weighted by atomic mass is 16.2. The lowest BCUT2D eigenvalue weighted by atomic mass is 9.91. The van der Waals surface area contributed by atoms with Crippen molar-refractivity contribution < 1.29 is 4.79 Å². The van der Waals surface area contributed by atoms with Crippen LogP contribution in [0.3, 0.4) is 0 Å². The summed E-state index contributed by atoms with van der Waals surface area (Å²) in [6.07, 6.45) is 8.52. The van der Waals surface area contributed by atoms with Crippen LogP contribution in [-0.4, -0.2) is 28.0 Å². The van der Waals surface area contributed by atoms with Crippen molar-refractivity contribution in [2.45, 2.75) is 38.1 Å². The molecule has 5 nitrogen and oxygen atoms in total. The molecule has 1 aromatic heterocycles. The predicted octanol–water partition coefficient (Wildman–Crippen LogP) is 1.34. The van der Waals surface area contributed by atoms with E-state index in [-0.39, 0.29) is 5.91 Å². The Morgan fingerprint density at radius 2 is 2.47 bits per heavy atom. The number of carbonyl (C=O) groups is 1. The van der Waals surface area contributed by atoms with Gasteiger partial charge in [0.2, 0.25) is 5.91 Å². The number of aromatic nitrogens is 2. The van der Waals surface area contributed by atoms with Gasteiger partial charge < -0.3 is 10.6 Å². The van der Waals surface area contributed by atoms with Gasteiger partial charge >= 0.3 is 0 Å². The smallest absolute Gasteiger partial charge is 0.245 e. The molecule has 0 spiro atoms. The van der Waals surface area contributed by atoms with E-state index >= 15 is 0 Å². The number of nitrogens with zero attached hydrogens (tertiary/aromatic N) is 2. The lowest BCUT2D eigenvalue weighted by molar-refractivity contribution is -0.122. The van der Waals surface area contributed by atoms with Crippen molar-refractivity contribution in [2.75, 3.05) is 11.9 Å². The van der Waals surface area contributed by atoms with E-state index in [2.05, 4.69) is 27.5 Å². The molecule has 1 saturated heterocycles. The van der Waals surface area contributed by atoms with E-state index in [0.717, 1.165) is 32.2 Å². The SMILES string of the molecule is CCCC1(C(=O)Nc2cnccn2)CCCN1. The normalized spacial score (nSPS) is 23.6. The molecule has 1 aliphatic heterocycles. The van der Waals surface area contributed by atoms with Gasteiger partial charge in [-0.3, -0.25) is 9.78 Å². The van der Waals surface area contributed by atoms with Crippen molar-refractivity contribution in [3.05, 3.63) is 18.6 Å². The van der Waals surface area contributed by atoms with Crippen LogP contribution in [0.15, 0.2) is 18.6 Å². The molecule has 1 fully saturated rings. The van der Waals surface area contributed by atoms with Crippen LogP contribution in [0.1, 0.15) is 32.6 Å². The van der Waals surface area contributed by atoms with Crippen LogP contribution >= 0.6 is 0 Å². The van der Waals surface area contributed by atoms with Crippen molar-refractivity contribution in [3.63, 3.8) is 0 Å². The Morgan fingerprint density at radius 1 is 1.59 bits per heavy atom. The van der Waals surface area contributed by atoms with Gasteiger partial charge in [-0.2, -0.15) is 0 Å². The van der Waals surface area contributed by atoms with Crippen LogP contribution in [0.5, 0.6) is 0 Å². The Labute approximate surface area is 101 Å². The van der Waals surface area contributed by atoms with E-state index in [1.54, 1.807) is 18.6 Å². The summed E-state index contributed by atoms with van der Waals surface area (Å²) in [4.78, 5) is 20.3. The summed E-state index contributed by atoms with van der Waals surface area (Å²) in [7, 11) is 0. The van der Waals surface area contributed by atoms with Crippen LogP contribution in [0, 0.1) is 0 Å². The molecule has 1 amide bonds. The van der Waals surface area contributed by atoms with E-state index in [1.165, 1.54) is 0 Å². The first kappa shape index (κ1) is 12.0. The number of anilines is 1. The van der Waals surface area contributed by atoms with Crippen molar-refractivity contribution >= 4 is 11.7 Å². The molecule has 17 heavy (non-hydrogen) atoms. The van der Waals surface area contributed by atoms with Gasteiger partial charge in [-0.15, -0.1) is 0 Å². The summed E-state index contributed by atoms with van der Waals surface area (Å²) >= 11 is 0. The van der Waals surface area contributed by atoms with E-state index in [4.69, 9.17) is 0 Å². The number of hydrogen-bond donors (Lipinski definition) is 2. The number of rotatable bonds is 4. The lowest BCUT2D eigenvalue weighted by Crippen LogP contribution is -2.50. The fourth-order valence-corrected chi connectivity index (χ4v) is 2.35. The molecule has 1 atom stereocenters. The molecule has 0 aromatic carbocycles. The van der Waals surface area contributed by atoms with Crippen molar-refractivity contribution in [1.82, 2.24) is 15.3 Å². The van der Waals surface area contributed by atoms with E-state index in [1.807, 2.05) is 0 Å². The van der Waals surface area contributed by atoms with Crippen LogP contribution in [-0.2, 0) is 4.79 Å². The second-order valence-electron chi connectivity index (χ2n) is 4.41. The highest BCUT2D eigenvalue weighted by molar-refractivity contribution is 5.97. The Morgan fingerprint density at radius 3 is 3.06 bits per heavy atom. The zero-order chi connectivity index (χ0) is 12.1. The first-order valence-electron chi connectivity index (χ1n) is 6.09. The molecule has 0 bridgehead atoms. The Hall–Kier alpha value is -1.49. The molecular formula is C12H18N4O. The third-order valence-electron chi connectivity index (χ3n) is 3.16. The largest absolute Gasteiger partial charge is 0.308 e. The topological polar surface area (TPSA) is 66.9 Å². The number of amides is 1. The second kappa shape index (κ2) is 5.23. The second-order valence-corrected chi connectivity index (χ2v) is 4.41. The monoisotopic (exact) mass is 234 g/mol. The average molecular weight is 234 g/mol. The zero-order valence-electron chi connectivity index (χ0n) is 10.1. The van der Waals surface area contributed by atoms with Gasteiger partial charge in [0.05, 0.1) is 11.7 Å². The van der Waals surface area contributed by atoms with Gasteiger partial charge in [0, 0.05) is 12.4 Å². The number of carbonyl (C=O) groups excluding carboxylic acids is 1. The predicted molar refractivity (Wildman–Crippen MR) is 65.5 cm³/mol. The number of nitrogens with one attached hydrogen (secondary N) is 2. The summed E-state index contributed by atoms with van der Waals surface area (Å²) < 4.78 is 0. The maximum absolute atomic E-state index is 12.3. The van der Waals surface area contributed by atoms with Gasteiger partial charge in [0.15, 0.2) is 5.82 Å². The molecular weight excluding hydrogens is 216 g/mol. The van der Waals surface area contributed by atoms with Crippen molar-refractivity contribution in [3.8, 4) is 0 Å². The molecule has 92 valence electrons. The van der Waals surface area contributed by atoms with Crippen molar-refractivity contribution in [2.24, 2.45) is 0 Å². The standard InChI is InChI=1S/C12H18N4O/c1-2-4-12(5-3-6-15-12)11(17)16-10-9-13-7-8-14-10/h7-9,15H,2-6H2,1H3,(H,14,16,17). The maximum atomic E-state index is 12.3. The highest BCUT2D eigenvalue weighted by Gasteiger charge is 2.39. The van der Waals surface area contributed by atoms with Gasteiger partial charge in [0.25, 0.3) is 0 Å². The molecule has 1 aromatic rings. The van der Waals surface area contributed by atoms with Crippen LogP contribution in [0.2, 0.25) is 0 Å². The minimum Gasteiger partial charge on any atom is -0.308 e. The Bertz CT molecular complexity index is 373. The first-order chi connectivity index (χ1) is 8.27. The lowest BCUT2D eigenvalue weighted by Gasteiger charge is -2.27. The van der Waals surface area contributed by atoms with Gasteiger partial charge in [-0.25, -0.2) is 4.98 Å². The third kappa shape index (κ3) is 2.61. The molecule has 0 aliphatic carbocycles. The summed E-state index contributed by atoms with van der Waals surface area (Å²) in [5, 5.41) is 6.17. The van der Waals surface area contributed by atoms with E-state index < -0.39 is 5.54 Å². The summed E-state index contributed by atoms with van der Waals surface area (Å²) in [6.45, 7) is 3.01. The summed E-state index contributed by atoms with van der Waals surface area (Å²) in [6, 6.07) is 0. The van der Waals surface area contributed by atoms with Crippen LogP contribution in [0.25, 0.3) is 0 Å². The van der Waals surface area contributed by atoms with Crippen LogP contribution < -0.4 is 10.6 Å². The molecule has 5 heteroatoms. The molecule has 2 rings (SSSR count). The summed E-state index contributed by atoms with van der Waals surface area (Å²) in [5.41, 5.74) is -0.410. The Kier molecular flexibility index (Phi) is 3.68. The third-order valence-corrected chi connectivity index (χ3v) is 3.16. The molecule has 1 aliphatic rings. The molecule has 0 saturated carbocycles. The molecule has 1 unspecified atom stereocenters. The zero-order valence-corrected chi connectivity index (χ0v) is 10.1. The fourth-order valence-electron chi connectivity index (χ4n) is 2.35. The minimum atomic E-state index is -0.410. The fraction of sp³-hybridized carbons (Fsp3) is 0.583. The van der Waals surface area contributed by atoms with Crippen molar-refractivity contribution in [1.29, 1.82) is 0 Å². The molecule has 0 radical (unpaired) electrons. The minimum absolute atomic E-state index is 0.0114. The van der Waals surface area contributed by atoms with Crippen LogP contribution in [0.4, 0.5) is 5.82 Å². The molecule has 2 heterocycles. The highest BCUT2D eigenvalue weighted by Crippen LogP contribution is 2.26. The van der Waals surface area contributed by atoms with E-state index in [9.17, 15) is 4.79 Å². The summed E-state index contributed by atoms with van der Waals surface area (Å²) in [5.74, 6) is 0.527. The van der Waals surface area contributed by atoms with E-state index in [0.29, 0.717) is 5.82 Å². The van der Waals surface area contributed by atoms with Gasteiger partial charge in [-0.05, 0) is 25.8 Å². The number of hydrogen-bond acceptors (Lipinski definition) is 4. The Balaban J connectivity index is 2.07. The first-order valence-corrected chi connectivity index (χ1v) is 6.09. The molecule has 2 N–H and O–H groups in total. The average Bonchev–Trinajstić information content (AvgIpc) is 2.81. The maximum Gasteiger partial charge on any atom is 0.245 e. The quantitative estimate of drug-likeness (QED) is 0.825. The van der Waals surface area contributed by atoms with Gasteiger partial charge in [-0.1, -0.05) is 13.3 Å².